The summed E-state index contributed by atoms with van der Waals surface area (Å²) in [7, 11) is 1.61. The van der Waals surface area contributed by atoms with Gasteiger partial charge in [-0.2, -0.15) is 0 Å². The SMILES string of the molecule is CNC(Cc1cnccc1N)c1ccc(F)c(F)c1F. The molecule has 1 aromatic carbocycles. The number of nitrogen functional groups attached to an aromatic ring is 1. The minimum absolute atomic E-state index is 0.0506. The second-order valence-electron chi connectivity index (χ2n) is 4.38. The molecule has 0 fully saturated rings. The molecule has 0 aliphatic rings. The molecular formula is C14H14F3N3. The topological polar surface area (TPSA) is 50.9 Å². The van der Waals surface area contributed by atoms with Gasteiger partial charge in [0.05, 0.1) is 0 Å². The lowest BCUT2D eigenvalue weighted by Crippen LogP contribution is -2.21. The van der Waals surface area contributed by atoms with Crippen LogP contribution in [-0.2, 0) is 6.42 Å². The van der Waals surface area contributed by atoms with Gasteiger partial charge < -0.3 is 11.1 Å². The van der Waals surface area contributed by atoms with Gasteiger partial charge in [0.1, 0.15) is 0 Å². The summed E-state index contributed by atoms with van der Waals surface area (Å²) < 4.78 is 40.0. The maximum Gasteiger partial charge on any atom is 0.194 e. The number of nitrogens with two attached hydrogens (primary N) is 1. The molecule has 0 amide bonds. The summed E-state index contributed by atoms with van der Waals surface area (Å²) in [5.41, 5.74) is 7.07. The third-order valence-corrected chi connectivity index (χ3v) is 3.15. The molecule has 0 saturated carbocycles. The van der Waals surface area contributed by atoms with Crippen molar-refractivity contribution in [3.05, 3.63) is 59.2 Å². The van der Waals surface area contributed by atoms with E-state index in [9.17, 15) is 13.2 Å². The van der Waals surface area contributed by atoms with Crippen molar-refractivity contribution in [3.8, 4) is 0 Å². The monoisotopic (exact) mass is 281 g/mol. The van der Waals surface area contributed by atoms with Crippen molar-refractivity contribution in [1.82, 2.24) is 10.3 Å². The third kappa shape index (κ3) is 2.75. The van der Waals surface area contributed by atoms with Gasteiger partial charge >= 0.3 is 0 Å². The Morgan fingerprint density at radius 2 is 1.95 bits per heavy atom. The number of rotatable bonds is 4. The van der Waals surface area contributed by atoms with Crippen LogP contribution in [0.3, 0.4) is 0 Å². The summed E-state index contributed by atoms with van der Waals surface area (Å²) in [5, 5.41) is 2.87. The van der Waals surface area contributed by atoms with E-state index in [4.69, 9.17) is 5.73 Å². The highest BCUT2D eigenvalue weighted by Crippen LogP contribution is 2.25. The molecule has 2 rings (SSSR count). The fourth-order valence-electron chi connectivity index (χ4n) is 2.01. The maximum atomic E-state index is 13.8. The van der Waals surface area contributed by atoms with Crippen molar-refractivity contribution in [2.45, 2.75) is 12.5 Å². The van der Waals surface area contributed by atoms with Gasteiger partial charge in [-0.15, -0.1) is 0 Å². The number of halogens is 3. The van der Waals surface area contributed by atoms with Crippen LogP contribution in [0.2, 0.25) is 0 Å². The predicted octanol–water partition coefficient (Wildman–Crippen LogP) is 2.58. The Kier molecular flexibility index (Phi) is 4.24. The minimum Gasteiger partial charge on any atom is -0.398 e. The molecule has 0 bridgehead atoms. The smallest absolute Gasteiger partial charge is 0.194 e. The molecule has 1 atom stereocenters. The zero-order valence-electron chi connectivity index (χ0n) is 10.8. The number of aromatic nitrogens is 1. The van der Waals surface area contributed by atoms with Gasteiger partial charge in [-0.3, -0.25) is 4.98 Å². The van der Waals surface area contributed by atoms with Crippen LogP contribution >= 0.6 is 0 Å². The van der Waals surface area contributed by atoms with Gasteiger partial charge in [-0.1, -0.05) is 6.07 Å². The van der Waals surface area contributed by atoms with E-state index in [-0.39, 0.29) is 5.56 Å². The van der Waals surface area contributed by atoms with Crippen LogP contribution in [0.5, 0.6) is 0 Å². The van der Waals surface area contributed by atoms with E-state index in [2.05, 4.69) is 10.3 Å². The number of hydrogen-bond donors (Lipinski definition) is 2. The number of anilines is 1. The first-order chi connectivity index (χ1) is 9.54. The Bertz CT molecular complexity index is 617. The molecule has 3 N–H and O–H groups in total. The highest BCUT2D eigenvalue weighted by molar-refractivity contribution is 5.45. The second kappa shape index (κ2) is 5.92. The first-order valence-corrected chi connectivity index (χ1v) is 6.03. The number of hydrogen-bond acceptors (Lipinski definition) is 3. The minimum atomic E-state index is -1.47. The van der Waals surface area contributed by atoms with E-state index in [0.717, 1.165) is 6.07 Å². The highest BCUT2D eigenvalue weighted by atomic mass is 19.2. The fraction of sp³-hybridized carbons (Fsp3) is 0.214. The molecule has 0 spiro atoms. The van der Waals surface area contributed by atoms with Crippen LogP contribution in [-0.4, -0.2) is 12.0 Å². The number of nitrogens with zero attached hydrogens (tertiary/aromatic N) is 1. The molecule has 0 saturated heterocycles. The molecule has 1 unspecified atom stereocenters. The summed E-state index contributed by atoms with van der Waals surface area (Å²) in [6.07, 6.45) is 3.43. The Balaban J connectivity index is 2.34. The lowest BCUT2D eigenvalue weighted by Gasteiger charge is -2.18. The molecule has 2 aromatic rings. The van der Waals surface area contributed by atoms with Crippen molar-refractivity contribution < 1.29 is 13.2 Å². The number of benzene rings is 1. The van der Waals surface area contributed by atoms with E-state index in [0.29, 0.717) is 17.7 Å². The van der Waals surface area contributed by atoms with Crippen molar-refractivity contribution in [2.24, 2.45) is 0 Å². The zero-order chi connectivity index (χ0) is 14.7. The number of likely N-dealkylation sites (N-methyl/N-ethyl adjacent to an activating group) is 1. The standard InChI is InChI=1S/C14H14F3N3/c1-19-12(6-8-7-20-5-4-11(8)18)9-2-3-10(15)14(17)13(9)16/h2-5,7,12,19H,6H2,1H3,(H2,18,20). The van der Waals surface area contributed by atoms with E-state index >= 15 is 0 Å². The van der Waals surface area contributed by atoms with Crippen molar-refractivity contribution >= 4 is 5.69 Å². The van der Waals surface area contributed by atoms with Crippen molar-refractivity contribution in [3.63, 3.8) is 0 Å². The molecule has 6 heteroatoms. The summed E-state index contributed by atoms with van der Waals surface area (Å²) in [5.74, 6) is -3.87. The molecule has 1 aromatic heterocycles. The summed E-state index contributed by atoms with van der Waals surface area (Å²) in [6.45, 7) is 0. The maximum absolute atomic E-state index is 13.8. The molecule has 20 heavy (non-hydrogen) atoms. The Hall–Kier alpha value is -2.08. The van der Waals surface area contributed by atoms with Crippen LogP contribution in [0.4, 0.5) is 18.9 Å². The van der Waals surface area contributed by atoms with Crippen LogP contribution in [0.1, 0.15) is 17.2 Å². The van der Waals surface area contributed by atoms with Crippen LogP contribution < -0.4 is 11.1 Å². The molecule has 0 aliphatic heterocycles. The van der Waals surface area contributed by atoms with Crippen LogP contribution in [0, 0.1) is 17.5 Å². The van der Waals surface area contributed by atoms with Gasteiger partial charge in [0.15, 0.2) is 17.5 Å². The average molecular weight is 281 g/mol. The number of nitrogens with one attached hydrogen (secondary N) is 1. The summed E-state index contributed by atoms with van der Waals surface area (Å²) in [6, 6.07) is 3.23. The van der Waals surface area contributed by atoms with E-state index in [1.165, 1.54) is 6.07 Å². The Labute approximate surface area is 114 Å². The first kappa shape index (κ1) is 14.3. The quantitative estimate of drug-likeness (QED) is 0.847. The van der Waals surface area contributed by atoms with Gasteiger partial charge in [-0.05, 0) is 31.2 Å². The second-order valence-corrected chi connectivity index (χ2v) is 4.38. The van der Waals surface area contributed by atoms with Gasteiger partial charge in [0.2, 0.25) is 0 Å². The number of pyridine rings is 1. The predicted molar refractivity (Wildman–Crippen MR) is 70.5 cm³/mol. The van der Waals surface area contributed by atoms with E-state index in [1.807, 2.05) is 0 Å². The highest BCUT2D eigenvalue weighted by Gasteiger charge is 2.20. The largest absolute Gasteiger partial charge is 0.398 e. The molecule has 0 aliphatic carbocycles. The van der Waals surface area contributed by atoms with E-state index in [1.54, 1.807) is 25.5 Å². The zero-order valence-corrected chi connectivity index (χ0v) is 10.8. The lowest BCUT2D eigenvalue weighted by molar-refractivity contribution is 0.428. The molecular weight excluding hydrogens is 267 g/mol. The van der Waals surface area contributed by atoms with E-state index < -0.39 is 23.5 Å². The van der Waals surface area contributed by atoms with Gasteiger partial charge in [-0.25, -0.2) is 13.2 Å². The van der Waals surface area contributed by atoms with Gasteiger partial charge in [0, 0.05) is 29.7 Å². The average Bonchev–Trinajstić information content (AvgIpc) is 2.45. The third-order valence-electron chi connectivity index (χ3n) is 3.15. The molecule has 3 nitrogen and oxygen atoms in total. The molecule has 1 heterocycles. The molecule has 0 radical (unpaired) electrons. The lowest BCUT2D eigenvalue weighted by atomic mass is 9.98. The summed E-state index contributed by atoms with van der Waals surface area (Å²) >= 11 is 0. The van der Waals surface area contributed by atoms with Crippen molar-refractivity contribution in [1.29, 1.82) is 0 Å². The van der Waals surface area contributed by atoms with Crippen molar-refractivity contribution in [2.75, 3.05) is 12.8 Å². The fourth-order valence-corrected chi connectivity index (χ4v) is 2.01. The Morgan fingerprint density at radius 1 is 1.20 bits per heavy atom. The first-order valence-electron chi connectivity index (χ1n) is 6.03. The van der Waals surface area contributed by atoms with Gasteiger partial charge in [0.25, 0.3) is 0 Å². The Morgan fingerprint density at radius 3 is 2.60 bits per heavy atom. The molecule has 106 valence electrons. The van der Waals surface area contributed by atoms with Crippen LogP contribution in [0.15, 0.2) is 30.6 Å². The normalized spacial score (nSPS) is 12.4. The summed E-state index contributed by atoms with van der Waals surface area (Å²) in [4.78, 5) is 3.95. The van der Waals surface area contributed by atoms with Crippen LogP contribution in [0.25, 0.3) is 0 Å².